The average molecular weight is 349 g/mol. The predicted octanol–water partition coefficient (Wildman–Crippen LogP) is 3.14. The summed E-state index contributed by atoms with van der Waals surface area (Å²) in [7, 11) is 0. The van der Waals surface area contributed by atoms with Crippen LogP contribution in [0.5, 0.6) is 0 Å². The molecule has 6 nitrogen and oxygen atoms in total. The number of nitrogens with two attached hydrogens (primary N) is 1. The summed E-state index contributed by atoms with van der Waals surface area (Å²) >= 11 is 1.55. The first-order valence-electron chi connectivity index (χ1n) is 7.96. The molecule has 0 aliphatic rings. The summed E-state index contributed by atoms with van der Waals surface area (Å²) in [6, 6.07) is 8.69. The summed E-state index contributed by atoms with van der Waals surface area (Å²) in [5, 5.41) is 2.04. The summed E-state index contributed by atoms with van der Waals surface area (Å²) in [5.41, 5.74) is 5.41. The van der Waals surface area contributed by atoms with Gasteiger partial charge in [0.2, 0.25) is 0 Å². The Hall–Kier alpha value is -2.12. The van der Waals surface area contributed by atoms with Gasteiger partial charge in [-0.1, -0.05) is 32.0 Å². The second kappa shape index (κ2) is 8.12. The maximum atomic E-state index is 12.1. The van der Waals surface area contributed by atoms with Gasteiger partial charge in [-0.3, -0.25) is 4.90 Å². The van der Waals surface area contributed by atoms with E-state index >= 15 is 0 Å². The molecule has 0 bridgehead atoms. The lowest BCUT2D eigenvalue weighted by atomic mass is 10.2. The molecular formula is C17H23N3O3S. The van der Waals surface area contributed by atoms with Crippen molar-refractivity contribution in [2.75, 3.05) is 19.6 Å². The van der Waals surface area contributed by atoms with E-state index in [1.165, 1.54) is 0 Å². The third kappa shape index (κ3) is 4.24. The number of likely N-dealkylation sites (N-methyl/N-ethyl adjacent to an activating group) is 1. The number of benzene rings is 1. The fourth-order valence-electron chi connectivity index (χ4n) is 2.41. The van der Waals surface area contributed by atoms with Gasteiger partial charge < -0.3 is 10.6 Å². The van der Waals surface area contributed by atoms with E-state index < -0.39 is 18.0 Å². The summed E-state index contributed by atoms with van der Waals surface area (Å²) < 4.78 is 1.11. The van der Waals surface area contributed by atoms with Gasteiger partial charge in [-0.05, 0) is 37.5 Å². The van der Waals surface area contributed by atoms with Gasteiger partial charge in [0, 0.05) is 9.58 Å². The highest BCUT2D eigenvalue weighted by Crippen LogP contribution is 2.32. The van der Waals surface area contributed by atoms with Gasteiger partial charge in [0.05, 0.1) is 6.54 Å². The Morgan fingerprint density at radius 3 is 2.50 bits per heavy atom. The van der Waals surface area contributed by atoms with Crippen molar-refractivity contribution < 1.29 is 14.4 Å². The Balaban J connectivity index is 2.14. The molecule has 24 heavy (non-hydrogen) atoms. The Bertz CT molecular complexity index is 679. The van der Waals surface area contributed by atoms with Crippen molar-refractivity contribution in [1.29, 1.82) is 0 Å². The minimum Gasteiger partial charge on any atom is -0.349 e. The van der Waals surface area contributed by atoms with E-state index in [1.807, 2.05) is 49.1 Å². The molecule has 2 rings (SSSR count). The first kappa shape index (κ1) is 18.2. The normalized spacial score (nSPS) is 12.3. The Kier molecular flexibility index (Phi) is 6.16. The third-order valence-electron chi connectivity index (χ3n) is 3.87. The molecule has 2 amide bonds. The average Bonchev–Trinajstić information content (AvgIpc) is 3.00. The molecule has 0 aliphatic carbocycles. The molecule has 0 radical (unpaired) electrons. The van der Waals surface area contributed by atoms with Crippen LogP contribution in [0, 0.1) is 0 Å². The molecule has 0 unspecified atom stereocenters. The molecule has 7 heteroatoms. The fraction of sp³-hybridized carbons (Fsp3) is 0.412. The van der Waals surface area contributed by atoms with Gasteiger partial charge in [0.25, 0.3) is 0 Å². The van der Waals surface area contributed by atoms with Crippen LogP contribution in [-0.4, -0.2) is 41.6 Å². The third-order valence-corrected chi connectivity index (χ3v) is 5.16. The number of nitrogens with zero attached hydrogens (tertiary/aromatic N) is 2. The van der Waals surface area contributed by atoms with Gasteiger partial charge in [-0.15, -0.1) is 16.4 Å². The van der Waals surface area contributed by atoms with Crippen molar-refractivity contribution in [2.24, 2.45) is 5.73 Å². The van der Waals surface area contributed by atoms with Crippen molar-refractivity contribution in [3.8, 4) is 0 Å². The van der Waals surface area contributed by atoms with Crippen LogP contribution < -0.4 is 5.73 Å². The molecule has 2 aromatic rings. The van der Waals surface area contributed by atoms with Crippen LogP contribution in [-0.2, 0) is 9.63 Å². The number of hydroxylamine groups is 2. The number of thiophene rings is 1. The second-order valence-corrected chi connectivity index (χ2v) is 6.57. The summed E-state index contributed by atoms with van der Waals surface area (Å²) in [6.45, 7) is 7.29. The number of urea groups is 1. The van der Waals surface area contributed by atoms with E-state index in [-0.39, 0.29) is 6.54 Å². The first-order chi connectivity index (χ1) is 11.5. The monoisotopic (exact) mass is 349 g/mol. The maximum absolute atomic E-state index is 12.1. The molecule has 2 N–H and O–H groups in total. The van der Waals surface area contributed by atoms with Gasteiger partial charge in [-0.2, -0.15) is 0 Å². The zero-order valence-electron chi connectivity index (χ0n) is 14.2. The minimum absolute atomic E-state index is 0.121. The quantitative estimate of drug-likeness (QED) is 0.813. The number of amides is 2. The topological polar surface area (TPSA) is 75.9 Å². The largest absolute Gasteiger partial charge is 0.349 e. The van der Waals surface area contributed by atoms with Crippen LogP contribution in [0.3, 0.4) is 0 Å². The van der Waals surface area contributed by atoms with Crippen LogP contribution in [0.2, 0.25) is 0 Å². The number of carbonyl (C=O) groups is 2. The van der Waals surface area contributed by atoms with E-state index in [9.17, 15) is 9.59 Å². The predicted molar refractivity (Wildman–Crippen MR) is 95.5 cm³/mol. The highest BCUT2D eigenvalue weighted by Gasteiger charge is 2.26. The Morgan fingerprint density at radius 1 is 1.25 bits per heavy atom. The molecule has 1 aromatic heterocycles. The molecule has 1 atom stereocenters. The molecule has 0 fully saturated rings. The van der Waals surface area contributed by atoms with Crippen molar-refractivity contribution >= 4 is 33.4 Å². The van der Waals surface area contributed by atoms with E-state index in [0.29, 0.717) is 0 Å². The summed E-state index contributed by atoms with van der Waals surface area (Å²) in [4.78, 5) is 31.9. The van der Waals surface area contributed by atoms with E-state index in [0.717, 1.165) is 33.1 Å². The van der Waals surface area contributed by atoms with E-state index in [4.69, 9.17) is 10.6 Å². The van der Waals surface area contributed by atoms with Crippen molar-refractivity contribution in [1.82, 2.24) is 9.96 Å². The molecule has 0 aliphatic heterocycles. The van der Waals surface area contributed by atoms with Crippen molar-refractivity contribution in [3.63, 3.8) is 0 Å². The molecular weight excluding hydrogens is 326 g/mol. The first-order valence-corrected chi connectivity index (χ1v) is 8.78. The van der Waals surface area contributed by atoms with Crippen LogP contribution in [0.1, 0.15) is 31.7 Å². The molecule has 0 saturated carbocycles. The second-order valence-electron chi connectivity index (χ2n) is 5.45. The molecule has 0 spiro atoms. The molecule has 0 saturated heterocycles. The van der Waals surface area contributed by atoms with Crippen LogP contribution >= 0.6 is 11.3 Å². The highest BCUT2D eigenvalue weighted by atomic mass is 32.1. The van der Waals surface area contributed by atoms with E-state index in [1.54, 1.807) is 18.3 Å². The van der Waals surface area contributed by atoms with Gasteiger partial charge in [0.1, 0.15) is 6.04 Å². The van der Waals surface area contributed by atoms with Crippen LogP contribution in [0.4, 0.5) is 4.79 Å². The van der Waals surface area contributed by atoms with Crippen LogP contribution in [0.15, 0.2) is 30.3 Å². The standard InChI is InChI=1S/C17H23N3O3S/c1-4-19(5-2)11-16(21)23-20(17(18)22)12(3)15-10-13-8-6-7-9-14(13)24-15/h6-10,12H,4-5,11H2,1-3H3,(H2,18,22)/t12-/m1/s1. The number of carbonyl (C=O) groups excluding carboxylic acids is 2. The SMILES string of the molecule is CCN(CC)CC(=O)ON(C(N)=O)[C@H](C)c1cc2ccccc2s1. The zero-order valence-corrected chi connectivity index (χ0v) is 15.0. The minimum atomic E-state index is -0.784. The summed E-state index contributed by atoms with van der Waals surface area (Å²) in [5.74, 6) is -0.495. The lowest BCUT2D eigenvalue weighted by Gasteiger charge is -2.26. The van der Waals surface area contributed by atoms with E-state index in [2.05, 4.69) is 0 Å². The van der Waals surface area contributed by atoms with Crippen molar-refractivity contribution in [2.45, 2.75) is 26.8 Å². The smallest absolute Gasteiger partial charge is 0.348 e. The van der Waals surface area contributed by atoms with Gasteiger partial charge in [-0.25, -0.2) is 9.59 Å². The van der Waals surface area contributed by atoms with Gasteiger partial charge in [0.15, 0.2) is 0 Å². The summed E-state index contributed by atoms with van der Waals surface area (Å²) in [6.07, 6.45) is 0. The lowest BCUT2D eigenvalue weighted by Crippen LogP contribution is -2.42. The lowest BCUT2D eigenvalue weighted by molar-refractivity contribution is -0.184. The van der Waals surface area contributed by atoms with Crippen LogP contribution in [0.25, 0.3) is 10.1 Å². The van der Waals surface area contributed by atoms with Crippen molar-refractivity contribution in [3.05, 3.63) is 35.2 Å². The molecule has 130 valence electrons. The zero-order chi connectivity index (χ0) is 17.7. The number of hydrogen-bond acceptors (Lipinski definition) is 5. The molecule has 1 heterocycles. The number of rotatable bonds is 6. The number of hydrogen-bond donors (Lipinski definition) is 1. The maximum Gasteiger partial charge on any atom is 0.348 e. The number of primary amides is 1. The number of fused-ring (bicyclic) bond motifs is 1. The fourth-order valence-corrected chi connectivity index (χ4v) is 3.50. The highest BCUT2D eigenvalue weighted by molar-refractivity contribution is 7.19. The van der Waals surface area contributed by atoms with Gasteiger partial charge >= 0.3 is 12.0 Å². The Morgan fingerprint density at radius 2 is 1.92 bits per heavy atom. The Labute approximate surface area is 145 Å². The molecule has 1 aromatic carbocycles.